The molecule has 0 N–H and O–H groups in total. The van der Waals surface area contributed by atoms with Crippen LogP contribution in [0.3, 0.4) is 0 Å². The van der Waals surface area contributed by atoms with Gasteiger partial charge in [0.1, 0.15) is 11.2 Å². The molecule has 0 saturated carbocycles. The SMILES string of the molecule is N#Cc1cc(C#N)cc(-c2ccc3c(c2)Sc2ccccc2C32c3ccccc3P(=O)(c3ccccc3)c3cc4oc5ccccc5c4cc32)c1. The number of nitriles is 2. The van der Waals surface area contributed by atoms with Gasteiger partial charge in [-0.3, -0.25) is 0 Å². The molecule has 0 radical (unpaired) electrons. The van der Waals surface area contributed by atoms with Gasteiger partial charge in [-0.05, 0) is 81.9 Å². The molecule has 10 rings (SSSR count). The minimum atomic E-state index is -3.41. The van der Waals surface area contributed by atoms with Gasteiger partial charge in [0, 0.05) is 36.5 Å². The Labute approximate surface area is 298 Å². The van der Waals surface area contributed by atoms with Gasteiger partial charge in [0.25, 0.3) is 0 Å². The van der Waals surface area contributed by atoms with E-state index in [-0.39, 0.29) is 0 Å². The van der Waals surface area contributed by atoms with Crippen molar-refractivity contribution in [3.8, 4) is 23.3 Å². The van der Waals surface area contributed by atoms with E-state index in [1.54, 1.807) is 17.8 Å². The zero-order valence-electron chi connectivity index (χ0n) is 27.0. The number of rotatable bonds is 2. The van der Waals surface area contributed by atoms with Gasteiger partial charge in [-0.25, -0.2) is 0 Å². The average molecular weight is 689 g/mol. The van der Waals surface area contributed by atoms with E-state index in [1.807, 2.05) is 78.9 Å². The Hall–Kier alpha value is -6.10. The number of hydrogen-bond acceptors (Lipinski definition) is 5. The third-order valence-electron chi connectivity index (χ3n) is 10.4. The van der Waals surface area contributed by atoms with Crippen LogP contribution in [-0.4, -0.2) is 0 Å². The van der Waals surface area contributed by atoms with Gasteiger partial charge in [-0.2, -0.15) is 10.5 Å². The molecule has 0 amide bonds. The van der Waals surface area contributed by atoms with Crippen molar-refractivity contribution in [2.24, 2.45) is 0 Å². The van der Waals surface area contributed by atoms with Crippen molar-refractivity contribution in [1.82, 2.24) is 0 Å². The third kappa shape index (κ3) is 4.05. The molecule has 238 valence electrons. The highest BCUT2D eigenvalue weighted by atomic mass is 32.2. The molecule has 2 aliphatic heterocycles. The van der Waals surface area contributed by atoms with Crippen molar-refractivity contribution in [2.45, 2.75) is 15.2 Å². The summed E-state index contributed by atoms with van der Waals surface area (Å²) in [5.74, 6) is 0. The maximum Gasteiger partial charge on any atom is 0.171 e. The van der Waals surface area contributed by atoms with Crippen LogP contribution in [0.5, 0.6) is 0 Å². The Balaban J connectivity index is 1.37. The van der Waals surface area contributed by atoms with Crippen molar-refractivity contribution >= 4 is 56.8 Å². The van der Waals surface area contributed by atoms with Gasteiger partial charge in [0.15, 0.2) is 7.14 Å². The smallest absolute Gasteiger partial charge is 0.171 e. The highest BCUT2D eigenvalue weighted by Crippen LogP contribution is 2.62. The minimum Gasteiger partial charge on any atom is -0.456 e. The normalized spacial score (nSPS) is 18.3. The molecule has 7 aromatic carbocycles. The Bertz CT molecular complexity index is 2880. The molecule has 1 spiro atoms. The molecule has 2 atom stereocenters. The van der Waals surface area contributed by atoms with E-state index in [0.29, 0.717) is 16.7 Å². The van der Waals surface area contributed by atoms with Crippen LogP contribution in [0.4, 0.5) is 0 Å². The van der Waals surface area contributed by atoms with E-state index in [4.69, 9.17) is 4.42 Å². The van der Waals surface area contributed by atoms with E-state index in [9.17, 15) is 10.5 Å². The van der Waals surface area contributed by atoms with Gasteiger partial charge in [0.2, 0.25) is 0 Å². The fourth-order valence-electron chi connectivity index (χ4n) is 8.31. The van der Waals surface area contributed by atoms with Crippen molar-refractivity contribution in [3.63, 3.8) is 0 Å². The summed E-state index contributed by atoms with van der Waals surface area (Å²) in [6.45, 7) is 0. The summed E-state index contributed by atoms with van der Waals surface area (Å²) < 4.78 is 22.7. The maximum absolute atomic E-state index is 16.2. The first kappa shape index (κ1) is 29.8. The lowest BCUT2D eigenvalue weighted by Gasteiger charge is -2.47. The van der Waals surface area contributed by atoms with Gasteiger partial charge in [-0.1, -0.05) is 115 Å². The summed E-state index contributed by atoms with van der Waals surface area (Å²) >= 11 is 1.71. The Morgan fingerprint density at radius 2 is 1.22 bits per heavy atom. The van der Waals surface area contributed by atoms with E-state index < -0.39 is 12.6 Å². The fourth-order valence-corrected chi connectivity index (χ4v) is 12.7. The standard InChI is InChI=1S/C45H25N2O2PS/c46-26-28-20-29(27-47)22-31(21-28)30-18-19-37-44(23-30)51-43-17-9-6-14-36(43)45(37)35-13-5-8-16-41(35)50(48,32-10-2-1-3-11-32)42-25-40-34(24-38(42)45)33-12-4-7-15-39(33)49-40/h1-25H. The predicted octanol–water partition coefficient (Wildman–Crippen LogP) is 9.80. The van der Waals surface area contributed by atoms with Crippen LogP contribution in [0.15, 0.2) is 166 Å². The molecule has 0 aliphatic carbocycles. The lowest BCUT2D eigenvalue weighted by molar-refractivity contribution is 0.589. The summed E-state index contributed by atoms with van der Waals surface area (Å²) in [6, 6.07) is 55.2. The lowest BCUT2D eigenvalue weighted by Crippen LogP contribution is -2.48. The van der Waals surface area contributed by atoms with E-state index >= 15 is 4.57 Å². The number of nitrogens with zero attached hydrogens (tertiary/aromatic N) is 2. The van der Waals surface area contributed by atoms with Crippen molar-refractivity contribution < 1.29 is 8.98 Å². The van der Waals surface area contributed by atoms with E-state index in [1.165, 1.54) is 0 Å². The van der Waals surface area contributed by atoms with Crippen LogP contribution < -0.4 is 15.9 Å². The number of fused-ring (bicyclic) bond motifs is 11. The van der Waals surface area contributed by atoms with Crippen LogP contribution in [0.1, 0.15) is 33.4 Å². The van der Waals surface area contributed by atoms with Crippen LogP contribution in [0, 0.1) is 22.7 Å². The van der Waals surface area contributed by atoms with Crippen LogP contribution in [0.2, 0.25) is 0 Å². The Morgan fingerprint density at radius 1 is 0.529 bits per heavy atom. The van der Waals surface area contributed by atoms with Gasteiger partial charge in [0.05, 0.1) is 28.7 Å². The molecule has 3 heterocycles. The lowest BCUT2D eigenvalue weighted by atomic mass is 9.64. The number of benzene rings is 7. The molecule has 6 heteroatoms. The van der Waals surface area contributed by atoms with E-state index in [2.05, 4.69) is 78.9 Å². The molecule has 2 unspecified atom stereocenters. The quantitative estimate of drug-likeness (QED) is 0.169. The van der Waals surface area contributed by atoms with Crippen molar-refractivity contribution in [1.29, 1.82) is 10.5 Å². The van der Waals surface area contributed by atoms with E-state index in [0.717, 1.165) is 75.4 Å². The van der Waals surface area contributed by atoms with Crippen LogP contribution in [0.25, 0.3) is 33.1 Å². The van der Waals surface area contributed by atoms with Crippen molar-refractivity contribution in [3.05, 3.63) is 185 Å². The number of hydrogen-bond donors (Lipinski definition) is 0. The highest BCUT2D eigenvalue weighted by Gasteiger charge is 2.54. The fraction of sp³-hybridized carbons (Fsp3) is 0.0222. The van der Waals surface area contributed by atoms with Crippen LogP contribution >= 0.6 is 18.9 Å². The molecule has 0 saturated heterocycles. The zero-order chi connectivity index (χ0) is 34.3. The molecule has 0 bridgehead atoms. The largest absolute Gasteiger partial charge is 0.456 e. The molecule has 8 aromatic rings. The Kier molecular flexibility index (Phi) is 6.39. The summed E-state index contributed by atoms with van der Waals surface area (Å²) in [5, 5.41) is 23.8. The molecule has 1 aromatic heterocycles. The van der Waals surface area contributed by atoms with Gasteiger partial charge >= 0.3 is 0 Å². The minimum absolute atomic E-state index is 0.444. The molecule has 4 nitrogen and oxygen atoms in total. The summed E-state index contributed by atoms with van der Waals surface area (Å²) in [4.78, 5) is 2.17. The first-order valence-electron chi connectivity index (χ1n) is 16.6. The average Bonchev–Trinajstić information content (AvgIpc) is 3.56. The monoisotopic (exact) mass is 688 g/mol. The van der Waals surface area contributed by atoms with Crippen LogP contribution in [-0.2, 0) is 9.98 Å². The topological polar surface area (TPSA) is 77.8 Å². The first-order chi connectivity index (χ1) is 25.0. The van der Waals surface area contributed by atoms with Gasteiger partial charge in [-0.15, -0.1) is 0 Å². The second-order valence-corrected chi connectivity index (χ2v) is 16.8. The maximum atomic E-state index is 16.2. The number of para-hydroxylation sites is 1. The molecular weight excluding hydrogens is 664 g/mol. The Morgan fingerprint density at radius 3 is 2.02 bits per heavy atom. The summed E-state index contributed by atoms with van der Waals surface area (Å²) in [7, 11) is -3.41. The second kappa shape index (κ2) is 10.9. The summed E-state index contributed by atoms with van der Waals surface area (Å²) in [6.07, 6.45) is 0. The molecule has 51 heavy (non-hydrogen) atoms. The highest BCUT2D eigenvalue weighted by molar-refractivity contribution is 7.99. The second-order valence-electron chi connectivity index (χ2n) is 13.0. The number of furan rings is 1. The van der Waals surface area contributed by atoms with Crippen molar-refractivity contribution in [2.75, 3.05) is 0 Å². The predicted molar refractivity (Wildman–Crippen MR) is 204 cm³/mol. The third-order valence-corrected chi connectivity index (χ3v) is 14.7. The molecule has 0 fully saturated rings. The molecular formula is C45H25N2O2PS. The van der Waals surface area contributed by atoms with Gasteiger partial charge < -0.3 is 8.98 Å². The molecule has 2 aliphatic rings. The first-order valence-corrected chi connectivity index (χ1v) is 19.2. The summed E-state index contributed by atoms with van der Waals surface area (Å²) in [5.41, 5.74) is 7.50. The zero-order valence-corrected chi connectivity index (χ0v) is 28.7.